The summed E-state index contributed by atoms with van der Waals surface area (Å²) in [6.07, 6.45) is 0.214. The van der Waals surface area contributed by atoms with E-state index in [9.17, 15) is 9.59 Å². The third-order valence-corrected chi connectivity index (χ3v) is 7.30. The Morgan fingerprint density at radius 2 is 2.00 bits per heavy atom. The Kier molecular flexibility index (Phi) is 8.30. The molecule has 1 amide bonds. The maximum atomic E-state index is 13.1. The van der Waals surface area contributed by atoms with Crippen molar-refractivity contribution in [2.24, 2.45) is 4.99 Å². The van der Waals surface area contributed by atoms with Crippen molar-refractivity contribution < 1.29 is 19.1 Å². The number of nitrogens with zero attached hydrogens (tertiary/aromatic N) is 3. The van der Waals surface area contributed by atoms with Gasteiger partial charge in [0.1, 0.15) is 0 Å². The minimum Gasteiger partial charge on any atom is -0.463 e. The number of carbonyl (C=O) groups excluding carboxylic acids is 2. The highest BCUT2D eigenvalue weighted by Gasteiger charge is 2.41. The molecule has 3 aliphatic heterocycles. The molecule has 4 rings (SSSR count). The zero-order chi connectivity index (χ0) is 24.9. The summed E-state index contributed by atoms with van der Waals surface area (Å²) in [6, 6.07) is 5.83. The molecule has 1 fully saturated rings. The predicted octanol–water partition coefficient (Wildman–Crippen LogP) is 3.28. The predicted molar refractivity (Wildman–Crippen MR) is 138 cm³/mol. The molecule has 0 spiro atoms. The van der Waals surface area contributed by atoms with E-state index < -0.39 is 6.04 Å². The van der Waals surface area contributed by atoms with Crippen LogP contribution < -0.4 is 5.32 Å². The normalized spacial score (nSPS) is 20.3. The number of benzene rings is 1. The number of amidine groups is 1. The van der Waals surface area contributed by atoms with Crippen molar-refractivity contribution in [2.45, 2.75) is 40.2 Å². The van der Waals surface area contributed by atoms with Gasteiger partial charge in [0.05, 0.1) is 43.6 Å². The number of ether oxygens (including phenoxy) is 2. The van der Waals surface area contributed by atoms with E-state index in [4.69, 9.17) is 14.5 Å². The van der Waals surface area contributed by atoms with Crippen LogP contribution in [-0.4, -0.2) is 72.8 Å². The van der Waals surface area contributed by atoms with Gasteiger partial charge >= 0.3 is 5.97 Å². The Balaban J connectivity index is 1.55. The molecule has 8 nitrogen and oxygen atoms in total. The Morgan fingerprint density at radius 3 is 2.71 bits per heavy atom. The minimum atomic E-state index is -0.399. The van der Waals surface area contributed by atoms with Crippen molar-refractivity contribution in [3.63, 3.8) is 0 Å². The number of allylic oxidation sites excluding steroid dienone is 1. The van der Waals surface area contributed by atoms with Gasteiger partial charge < -0.3 is 19.7 Å². The molecule has 1 atom stereocenters. The van der Waals surface area contributed by atoms with Crippen LogP contribution in [0.15, 0.2) is 45.6 Å². The summed E-state index contributed by atoms with van der Waals surface area (Å²) in [5.74, 6) is -0.418. The molecule has 3 aliphatic rings. The number of esters is 1. The molecule has 188 valence electrons. The number of aryl methyl sites for hydroxylation is 2. The lowest BCUT2D eigenvalue weighted by atomic mass is 9.90. The standard InChI is InChI=1S/C26H34N4O4S/c1-5-34-25(32)23-19(4)28-26-30(24(23)21-7-6-17(2)14-18(21)3)20(16-35-26)15-22(31)27-8-9-29-10-12-33-13-11-29/h6-7,14,16,24H,5,8-13,15H2,1-4H3,(H,27,31)/t24-/m0/s1. The minimum absolute atomic E-state index is 0.0466. The Labute approximate surface area is 211 Å². The lowest BCUT2D eigenvalue weighted by Gasteiger charge is -2.37. The van der Waals surface area contributed by atoms with Gasteiger partial charge in [-0.15, -0.1) is 0 Å². The summed E-state index contributed by atoms with van der Waals surface area (Å²) in [6.45, 7) is 12.7. The first-order chi connectivity index (χ1) is 16.9. The first-order valence-electron chi connectivity index (χ1n) is 12.1. The maximum absolute atomic E-state index is 13.1. The van der Waals surface area contributed by atoms with Gasteiger partial charge in [0, 0.05) is 31.9 Å². The van der Waals surface area contributed by atoms with E-state index in [0.29, 0.717) is 17.8 Å². The van der Waals surface area contributed by atoms with E-state index in [1.54, 1.807) is 6.92 Å². The van der Waals surface area contributed by atoms with Gasteiger partial charge in [0.25, 0.3) is 0 Å². The van der Waals surface area contributed by atoms with Gasteiger partial charge in [-0.1, -0.05) is 35.5 Å². The zero-order valence-corrected chi connectivity index (χ0v) is 21.7. The molecule has 0 aromatic heterocycles. The number of carbonyl (C=O) groups is 2. The fourth-order valence-corrected chi connectivity index (χ4v) is 5.64. The van der Waals surface area contributed by atoms with Crippen molar-refractivity contribution in [1.29, 1.82) is 0 Å². The number of amides is 1. The lowest BCUT2D eigenvalue weighted by molar-refractivity contribution is -0.139. The summed E-state index contributed by atoms with van der Waals surface area (Å²) in [7, 11) is 0. The topological polar surface area (TPSA) is 83.5 Å². The highest BCUT2D eigenvalue weighted by molar-refractivity contribution is 8.16. The van der Waals surface area contributed by atoms with Crippen LogP contribution in [0.1, 0.15) is 43.0 Å². The molecule has 0 unspecified atom stereocenters. The molecule has 1 aromatic carbocycles. The molecule has 0 saturated carbocycles. The van der Waals surface area contributed by atoms with Gasteiger partial charge in [0.15, 0.2) is 5.17 Å². The SMILES string of the molecule is CCOC(=O)C1=C(C)N=C2SC=C(CC(=O)NCCN3CCOCC3)N2[C@H]1c1ccc(C)cc1C. The van der Waals surface area contributed by atoms with E-state index in [1.165, 1.54) is 11.8 Å². The van der Waals surface area contributed by atoms with Crippen LogP contribution in [-0.2, 0) is 19.1 Å². The molecular weight excluding hydrogens is 464 g/mol. The zero-order valence-electron chi connectivity index (χ0n) is 20.9. The quantitative estimate of drug-likeness (QED) is 0.551. The Bertz CT molecular complexity index is 1080. The van der Waals surface area contributed by atoms with Gasteiger partial charge in [0.2, 0.25) is 5.91 Å². The third kappa shape index (κ3) is 5.79. The number of fused-ring (bicyclic) bond motifs is 1. The monoisotopic (exact) mass is 498 g/mol. The smallest absolute Gasteiger partial charge is 0.338 e. The highest BCUT2D eigenvalue weighted by atomic mass is 32.2. The number of rotatable bonds is 8. The fourth-order valence-electron chi connectivity index (χ4n) is 4.67. The second-order valence-corrected chi connectivity index (χ2v) is 9.79. The molecule has 0 aliphatic carbocycles. The van der Waals surface area contributed by atoms with E-state index >= 15 is 0 Å². The van der Waals surface area contributed by atoms with Crippen LogP contribution in [0.4, 0.5) is 0 Å². The maximum Gasteiger partial charge on any atom is 0.338 e. The second kappa shape index (κ2) is 11.4. The van der Waals surface area contributed by atoms with E-state index in [1.807, 2.05) is 17.2 Å². The molecule has 1 saturated heterocycles. The number of nitrogens with one attached hydrogen (secondary N) is 1. The van der Waals surface area contributed by atoms with Gasteiger partial charge in [-0.25, -0.2) is 9.79 Å². The van der Waals surface area contributed by atoms with E-state index in [0.717, 1.165) is 60.4 Å². The van der Waals surface area contributed by atoms with E-state index in [-0.39, 0.29) is 24.9 Å². The average Bonchev–Trinajstić information content (AvgIpc) is 3.21. The number of morpholine rings is 1. The number of aliphatic imine (C=N–C) groups is 1. The summed E-state index contributed by atoms with van der Waals surface area (Å²) in [4.78, 5) is 35.0. The van der Waals surface area contributed by atoms with Crippen LogP contribution in [0.2, 0.25) is 0 Å². The molecule has 35 heavy (non-hydrogen) atoms. The summed E-state index contributed by atoms with van der Waals surface area (Å²) in [5.41, 5.74) is 5.24. The van der Waals surface area contributed by atoms with Crippen LogP contribution in [0, 0.1) is 13.8 Å². The molecule has 0 bridgehead atoms. The van der Waals surface area contributed by atoms with Gasteiger partial charge in [-0.05, 0) is 44.2 Å². The Morgan fingerprint density at radius 1 is 1.23 bits per heavy atom. The summed E-state index contributed by atoms with van der Waals surface area (Å²) in [5, 5.41) is 5.79. The van der Waals surface area contributed by atoms with Gasteiger partial charge in [-0.2, -0.15) is 0 Å². The summed E-state index contributed by atoms with van der Waals surface area (Å²) < 4.78 is 10.8. The lowest BCUT2D eigenvalue weighted by Crippen LogP contribution is -2.42. The number of hydrogen-bond acceptors (Lipinski definition) is 8. The van der Waals surface area contributed by atoms with Crippen molar-refractivity contribution in [1.82, 2.24) is 15.1 Å². The highest BCUT2D eigenvalue weighted by Crippen LogP contribution is 2.45. The molecular formula is C26H34N4O4S. The average molecular weight is 499 g/mol. The van der Waals surface area contributed by atoms with Crippen LogP contribution in [0.3, 0.4) is 0 Å². The van der Waals surface area contributed by atoms with Crippen molar-refractivity contribution >= 4 is 28.8 Å². The van der Waals surface area contributed by atoms with Crippen LogP contribution >= 0.6 is 11.8 Å². The first-order valence-corrected chi connectivity index (χ1v) is 13.0. The first kappa shape index (κ1) is 25.5. The number of thioether (sulfide) groups is 1. The molecule has 1 N–H and O–H groups in total. The summed E-state index contributed by atoms with van der Waals surface area (Å²) >= 11 is 1.49. The Hall–Kier alpha value is -2.62. The molecule has 1 aromatic rings. The molecule has 9 heteroatoms. The van der Waals surface area contributed by atoms with Crippen molar-refractivity contribution in [2.75, 3.05) is 46.0 Å². The third-order valence-electron chi connectivity index (χ3n) is 6.41. The van der Waals surface area contributed by atoms with Crippen molar-refractivity contribution in [3.8, 4) is 0 Å². The number of hydrogen-bond donors (Lipinski definition) is 1. The molecule has 3 heterocycles. The van der Waals surface area contributed by atoms with Crippen LogP contribution in [0.25, 0.3) is 0 Å². The largest absolute Gasteiger partial charge is 0.463 e. The van der Waals surface area contributed by atoms with Crippen LogP contribution in [0.5, 0.6) is 0 Å². The fraction of sp³-hybridized carbons (Fsp3) is 0.500. The van der Waals surface area contributed by atoms with E-state index in [2.05, 4.69) is 42.3 Å². The van der Waals surface area contributed by atoms with Crippen molar-refractivity contribution in [3.05, 3.63) is 57.3 Å². The van der Waals surface area contributed by atoms with Gasteiger partial charge in [-0.3, -0.25) is 9.69 Å². The molecule has 0 radical (unpaired) electrons. The second-order valence-electron chi connectivity index (χ2n) is 8.95.